The van der Waals surface area contributed by atoms with Crippen LogP contribution in [0.15, 0.2) is 28.7 Å². The molecular formula is C17H24BrNO. The molecule has 1 aromatic carbocycles. The van der Waals surface area contributed by atoms with Gasteiger partial charge in [-0.05, 0) is 44.7 Å². The molecule has 2 aliphatic rings. The van der Waals surface area contributed by atoms with Crippen LogP contribution in [0, 0.1) is 5.41 Å². The van der Waals surface area contributed by atoms with Gasteiger partial charge in [0.05, 0.1) is 6.10 Å². The third-order valence-electron chi connectivity index (χ3n) is 5.26. The van der Waals surface area contributed by atoms with Crippen LogP contribution in [-0.2, 0) is 4.74 Å². The Hall–Kier alpha value is -0.380. The molecule has 2 nitrogen and oxygen atoms in total. The second kappa shape index (κ2) is 5.78. The largest absolute Gasteiger partial charge is 0.378 e. The van der Waals surface area contributed by atoms with Crippen LogP contribution >= 0.6 is 15.9 Å². The van der Waals surface area contributed by atoms with Crippen LogP contribution in [0.5, 0.6) is 0 Å². The monoisotopic (exact) mass is 337 g/mol. The Balaban J connectivity index is 1.66. The predicted octanol–water partition coefficient (Wildman–Crippen LogP) is 4.45. The standard InChI is InChI=1S/C17H24BrNO/c1-3-20-16-11-15(17(16)9-6-10-17)19-12(2)13-7-4-5-8-14(13)18/h4-5,7-8,12,15-16,19H,3,6,9-11H2,1-2H3/t12-,15?,16?/m1/s1. The molecule has 0 aromatic heterocycles. The first-order valence-corrected chi connectivity index (χ1v) is 8.59. The summed E-state index contributed by atoms with van der Waals surface area (Å²) in [6, 6.07) is 9.51. The quantitative estimate of drug-likeness (QED) is 0.857. The van der Waals surface area contributed by atoms with Crippen molar-refractivity contribution in [3.63, 3.8) is 0 Å². The van der Waals surface area contributed by atoms with E-state index in [1.54, 1.807) is 0 Å². The first kappa shape index (κ1) is 14.6. The Morgan fingerprint density at radius 2 is 2.15 bits per heavy atom. The number of hydrogen-bond acceptors (Lipinski definition) is 2. The van der Waals surface area contributed by atoms with Crippen LogP contribution < -0.4 is 5.32 Å². The summed E-state index contributed by atoms with van der Waals surface area (Å²) < 4.78 is 7.13. The Morgan fingerprint density at radius 3 is 2.75 bits per heavy atom. The van der Waals surface area contributed by atoms with Crippen molar-refractivity contribution in [2.24, 2.45) is 5.41 Å². The van der Waals surface area contributed by atoms with Gasteiger partial charge >= 0.3 is 0 Å². The molecule has 2 aliphatic carbocycles. The fourth-order valence-corrected chi connectivity index (χ4v) is 4.52. The zero-order valence-corrected chi connectivity index (χ0v) is 13.9. The van der Waals surface area contributed by atoms with Gasteiger partial charge < -0.3 is 10.1 Å². The number of rotatable bonds is 5. The zero-order valence-electron chi connectivity index (χ0n) is 12.4. The Morgan fingerprint density at radius 1 is 1.40 bits per heavy atom. The molecule has 1 aromatic rings. The third-order valence-corrected chi connectivity index (χ3v) is 5.98. The van der Waals surface area contributed by atoms with Crippen molar-refractivity contribution in [2.45, 2.75) is 57.7 Å². The Kier molecular flexibility index (Phi) is 4.21. The minimum atomic E-state index is 0.385. The van der Waals surface area contributed by atoms with Gasteiger partial charge in [0.25, 0.3) is 0 Å². The average molecular weight is 338 g/mol. The minimum absolute atomic E-state index is 0.385. The maximum Gasteiger partial charge on any atom is 0.0661 e. The summed E-state index contributed by atoms with van der Waals surface area (Å²) >= 11 is 3.66. The summed E-state index contributed by atoms with van der Waals surface area (Å²) in [7, 11) is 0. The second-order valence-corrected chi connectivity index (χ2v) is 7.08. The maximum absolute atomic E-state index is 5.93. The lowest BCUT2D eigenvalue weighted by Gasteiger charge is -2.61. The third kappa shape index (κ3) is 2.34. The smallest absolute Gasteiger partial charge is 0.0661 e. The van der Waals surface area contributed by atoms with Crippen molar-refractivity contribution in [2.75, 3.05) is 6.61 Å². The summed E-state index contributed by atoms with van der Waals surface area (Å²) in [4.78, 5) is 0. The fraction of sp³-hybridized carbons (Fsp3) is 0.647. The zero-order chi connectivity index (χ0) is 14.2. The number of nitrogens with one attached hydrogen (secondary N) is 1. The maximum atomic E-state index is 5.93. The molecule has 3 atom stereocenters. The highest BCUT2D eigenvalue weighted by Crippen LogP contribution is 2.57. The molecule has 110 valence electrons. The number of benzene rings is 1. The number of ether oxygens (including phenoxy) is 1. The highest BCUT2D eigenvalue weighted by atomic mass is 79.9. The van der Waals surface area contributed by atoms with Crippen molar-refractivity contribution in [3.05, 3.63) is 34.3 Å². The van der Waals surface area contributed by atoms with E-state index in [1.165, 1.54) is 35.7 Å². The molecule has 0 amide bonds. The van der Waals surface area contributed by atoms with Crippen molar-refractivity contribution < 1.29 is 4.74 Å². The lowest BCUT2D eigenvalue weighted by Crippen LogP contribution is -2.67. The average Bonchev–Trinajstić information content (AvgIpc) is 2.35. The number of hydrogen-bond donors (Lipinski definition) is 1. The first-order chi connectivity index (χ1) is 9.67. The van der Waals surface area contributed by atoms with E-state index in [4.69, 9.17) is 4.74 Å². The van der Waals surface area contributed by atoms with E-state index in [1.807, 2.05) is 0 Å². The van der Waals surface area contributed by atoms with E-state index in [-0.39, 0.29) is 0 Å². The molecule has 0 radical (unpaired) electrons. The van der Waals surface area contributed by atoms with Crippen LogP contribution in [0.2, 0.25) is 0 Å². The molecule has 0 saturated heterocycles. The molecular weight excluding hydrogens is 314 g/mol. The molecule has 0 heterocycles. The molecule has 3 heteroatoms. The van der Waals surface area contributed by atoms with Gasteiger partial charge in [0.2, 0.25) is 0 Å². The molecule has 2 fully saturated rings. The van der Waals surface area contributed by atoms with E-state index in [2.05, 4.69) is 59.4 Å². The van der Waals surface area contributed by atoms with Crippen LogP contribution in [0.1, 0.15) is 51.1 Å². The molecule has 2 saturated carbocycles. The molecule has 20 heavy (non-hydrogen) atoms. The van der Waals surface area contributed by atoms with Crippen LogP contribution in [0.4, 0.5) is 0 Å². The van der Waals surface area contributed by atoms with Gasteiger partial charge in [-0.2, -0.15) is 0 Å². The molecule has 1 N–H and O–H groups in total. The van der Waals surface area contributed by atoms with Crippen LogP contribution in [0.25, 0.3) is 0 Å². The number of halogens is 1. The van der Waals surface area contributed by atoms with Crippen molar-refractivity contribution >= 4 is 15.9 Å². The van der Waals surface area contributed by atoms with Gasteiger partial charge in [0, 0.05) is 28.6 Å². The van der Waals surface area contributed by atoms with Gasteiger partial charge in [0.15, 0.2) is 0 Å². The topological polar surface area (TPSA) is 21.3 Å². The SMILES string of the molecule is CCOC1CC(N[C@H](C)c2ccccc2Br)C12CCC2. The second-order valence-electron chi connectivity index (χ2n) is 6.23. The first-order valence-electron chi connectivity index (χ1n) is 7.79. The molecule has 0 bridgehead atoms. The summed E-state index contributed by atoms with van der Waals surface area (Å²) in [5, 5.41) is 3.84. The van der Waals surface area contributed by atoms with Crippen molar-refractivity contribution in [3.8, 4) is 0 Å². The molecule has 2 unspecified atom stereocenters. The van der Waals surface area contributed by atoms with E-state index in [9.17, 15) is 0 Å². The lowest BCUT2D eigenvalue weighted by atomic mass is 9.51. The van der Waals surface area contributed by atoms with E-state index in [0.717, 1.165) is 6.61 Å². The minimum Gasteiger partial charge on any atom is -0.378 e. The fourth-order valence-electron chi connectivity index (χ4n) is 3.89. The normalized spacial score (nSPS) is 28.8. The predicted molar refractivity (Wildman–Crippen MR) is 85.8 cm³/mol. The van der Waals surface area contributed by atoms with Gasteiger partial charge in [-0.1, -0.05) is 40.5 Å². The lowest BCUT2D eigenvalue weighted by molar-refractivity contribution is -0.174. The van der Waals surface area contributed by atoms with Gasteiger partial charge in [0.1, 0.15) is 0 Å². The Bertz CT molecular complexity index is 472. The van der Waals surface area contributed by atoms with Crippen molar-refractivity contribution in [1.82, 2.24) is 5.32 Å². The molecule has 3 rings (SSSR count). The van der Waals surface area contributed by atoms with E-state index in [0.29, 0.717) is 23.6 Å². The highest BCUT2D eigenvalue weighted by Gasteiger charge is 2.58. The highest BCUT2D eigenvalue weighted by molar-refractivity contribution is 9.10. The van der Waals surface area contributed by atoms with Crippen LogP contribution in [-0.4, -0.2) is 18.8 Å². The van der Waals surface area contributed by atoms with Gasteiger partial charge in [-0.15, -0.1) is 0 Å². The van der Waals surface area contributed by atoms with Gasteiger partial charge in [-0.25, -0.2) is 0 Å². The van der Waals surface area contributed by atoms with E-state index >= 15 is 0 Å². The van der Waals surface area contributed by atoms with E-state index < -0.39 is 0 Å². The van der Waals surface area contributed by atoms with Crippen molar-refractivity contribution in [1.29, 1.82) is 0 Å². The van der Waals surface area contributed by atoms with Gasteiger partial charge in [-0.3, -0.25) is 0 Å². The summed E-state index contributed by atoms with van der Waals surface area (Å²) in [6.07, 6.45) is 5.69. The summed E-state index contributed by atoms with van der Waals surface area (Å²) in [5.41, 5.74) is 1.78. The summed E-state index contributed by atoms with van der Waals surface area (Å²) in [5.74, 6) is 0. The summed E-state index contributed by atoms with van der Waals surface area (Å²) in [6.45, 7) is 5.22. The Labute approximate surface area is 130 Å². The van der Waals surface area contributed by atoms with Crippen LogP contribution in [0.3, 0.4) is 0 Å². The molecule has 0 aliphatic heterocycles. The molecule has 1 spiro atoms.